The first kappa shape index (κ1) is 16.1. The summed E-state index contributed by atoms with van der Waals surface area (Å²) < 4.78 is 0. The molecule has 1 aliphatic rings. The lowest BCUT2D eigenvalue weighted by Crippen LogP contribution is -2.17. The zero-order chi connectivity index (χ0) is 18.1. The highest BCUT2D eigenvalue weighted by molar-refractivity contribution is 5.95. The van der Waals surface area contributed by atoms with Gasteiger partial charge in [-0.1, -0.05) is 12.1 Å². The molecule has 26 heavy (non-hydrogen) atoms. The fourth-order valence-electron chi connectivity index (χ4n) is 3.33. The Hall–Kier alpha value is -3.40. The molecule has 0 bridgehead atoms. The molecule has 2 aromatic heterocycles. The predicted octanol–water partition coefficient (Wildman–Crippen LogP) is 2.25. The molecule has 1 fully saturated rings. The molecular weight excluding hydrogens is 328 g/mol. The molecule has 2 N–H and O–H groups in total. The molecule has 4 rings (SSSR count). The molecule has 1 saturated heterocycles. The van der Waals surface area contributed by atoms with Crippen molar-refractivity contribution >= 4 is 17.1 Å². The molecule has 0 unspecified atom stereocenters. The lowest BCUT2D eigenvalue weighted by molar-refractivity contribution is 0.0963. The average Bonchev–Trinajstić information content (AvgIpc) is 3.33. The van der Waals surface area contributed by atoms with Crippen molar-refractivity contribution in [1.82, 2.24) is 25.2 Å². The first-order valence-electron chi connectivity index (χ1n) is 8.51. The van der Waals surface area contributed by atoms with Crippen molar-refractivity contribution in [3.63, 3.8) is 0 Å². The van der Waals surface area contributed by atoms with E-state index in [1.54, 1.807) is 24.2 Å². The Balaban J connectivity index is 1.66. The van der Waals surface area contributed by atoms with Gasteiger partial charge in [0.25, 0.3) is 5.91 Å². The normalized spacial score (nSPS) is 16.6. The zero-order valence-corrected chi connectivity index (χ0v) is 14.4. The van der Waals surface area contributed by atoms with Gasteiger partial charge < -0.3 is 15.2 Å². The molecule has 0 radical (unpaired) electrons. The van der Waals surface area contributed by atoms with E-state index in [0.29, 0.717) is 17.8 Å². The molecule has 3 heterocycles. The van der Waals surface area contributed by atoms with E-state index in [-0.39, 0.29) is 11.8 Å². The minimum Gasteiger partial charge on any atom is -0.355 e. The Labute approximate surface area is 150 Å². The van der Waals surface area contributed by atoms with Crippen LogP contribution in [0.1, 0.15) is 28.5 Å². The summed E-state index contributed by atoms with van der Waals surface area (Å²) in [5.41, 5.74) is 3.98. The van der Waals surface area contributed by atoms with Crippen LogP contribution in [0.4, 0.5) is 0 Å². The van der Waals surface area contributed by atoms with E-state index in [9.17, 15) is 4.79 Å². The molecule has 1 amide bonds. The maximum atomic E-state index is 11.8. The van der Waals surface area contributed by atoms with E-state index >= 15 is 0 Å². The Bertz CT molecular complexity index is 1020. The minimum absolute atomic E-state index is 0.118. The number of benzene rings is 1. The summed E-state index contributed by atoms with van der Waals surface area (Å²) in [5, 5.41) is 11.7. The number of pyridine rings is 1. The maximum Gasteiger partial charge on any atom is 0.251 e. The molecule has 1 aliphatic heterocycles. The van der Waals surface area contributed by atoms with Gasteiger partial charge in [-0.3, -0.25) is 4.79 Å². The third kappa shape index (κ3) is 2.86. The van der Waals surface area contributed by atoms with Crippen LogP contribution in [-0.2, 0) is 0 Å². The van der Waals surface area contributed by atoms with Crippen LogP contribution >= 0.6 is 0 Å². The van der Waals surface area contributed by atoms with Crippen LogP contribution in [0.2, 0.25) is 0 Å². The van der Waals surface area contributed by atoms with E-state index in [4.69, 9.17) is 5.26 Å². The number of carbonyl (C=O) groups excluding carboxylic acids is 1. The number of nitrogens with zero attached hydrogens (tertiary/aromatic N) is 4. The van der Waals surface area contributed by atoms with Crippen molar-refractivity contribution in [2.75, 3.05) is 20.1 Å². The first-order valence-corrected chi connectivity index (χ1v) is 8.51. The second kappa shape index (κ2) is 6.48. The van der Waals surface area contributed by atoms with Gasteiger partial charge in [0.1, 0.15) is 5.82 Å². The SMILES string of the molecule is CNC(=O)c1cccc(-c2cnc3nc([C@@H]4CCN(C#N)C4)[nH]c3c2)c1. The molecule has 7 heteroatoms. The fraction of sp³-hybridized carbons (Fsp3) is 0.263. The van der Waals surface area contributed by atoms with Gasteiger partial charge in [-0.15, -0.1) is 0 Å². The highest BCUT2D eigenvalue weighted by Crippen LogP contribution is 2.28. The van der Waals surface area contributed by atoms with Crippen LogP contribution in [0, 0.1) is 11.5 Å². The molecule has 1 atom stereocenters. The number of nitrogens with one attached hydrogen (secondary N) is 2. The molecule has 7 nitrogen and oxygen atoms in total. The monoisotopic (exact) mass is 346 g/mol. The molecule has 0 aliphatic carbocycles. The molecule has 0 spiro atoms. The number of hydrogen-bond donors (Lipinski definition) is 2. The fourth-order valence-corrected chi connectivity index (χ4v) is 3.33. The number of rotatable bonds is 3. The minimum atomic E-state index is -0.118. The Morgan fingerprint density at radius 3 is 3.04 bits per heavy atom. The van der Waals surface area contributed by atoms with Crippen LogP contribution in [-0.4, -0.2) is 45.9 Å². The summed E-state index contributed by atoms with van der Waals surface area (Å²) in [5.74, 6) is 0.985. The van der Waals surface area contributed by atoms with E-state index < -0.39 is 0 Å². The second-order valence-electron chi connectivity index (χ2n) is 6.41. The highest BCUT2D eigenvalue weighted by atomic mass is 16.1. The van der Waals surface area contributed by atoms with Crippen LogP contribution < -0.4 is 5.32 Å². The van der Waals surface area contributed by atoms with E-state index in [1.807, 2.05) is 24.3 Å². The third-order valence-electron chi connectivity index (χ3n) is 4.76. The summed E-state index contributed by atoms with van der Waals surface area (Å²) in [7, 11) is 1.62. The average molecular weight is 346 g/mol. The highest BCUT2D eigenvalue weighted by Gasteiger charge is 2.25. The number of amides is 1. The number of hydrogen-bond acceptors (Lipinski definition) is 5. The summed E-state index contributed by atoms with van der Waals surface area (Å²) in [6.45, 7) is 1.46. The van der Waals surface area contributed by atoms with Gasteiger partial charge in [0.2, 0.25) is 0 Å². The predicted molar refractivity (Wildman–Crippen MR) is 97.3 cm³/mol. The Morgan fingerprint density at radius 1 is 1.38 bits per heavy atom. The quantitative estimate of drug-likeness (QED) is 0.709. The van der Waals surface area contributed by atoms with Crippen molar-refractivity contribution in [1.29, 1.82) is 5.26 Å². The Morgan fingerprint density at radius 2 is 2.27 bits per heavy atom. The van der Waals surface area contributed by atoms with Crippen molar-refractivity contribution in [2.45, 2.75) is 12.3 Å². The molecule has 3 aromatic rings. The standard InChI is InChI=1S/C19H18N6O/c1-21-19(26)13-4-2-3-12(7-13)15-8-16-18(22-9-15)24-17(23-16)14-5-6-25(10-14)11-20/h2-4,7-9,14H,5-6,10H2,1H3,(H,21,26)(H,22,23,24)/t14-/m1/s1. The second-order valence-corrected chi connectivity index (χ2v) is 6.41. The van der Waals surface area contributed by atoms with Crippen molar-refractivity contribution in [2.24, 2.45) is 0 Å². The van der Waals surface area contributed by atoms with Crippen molar-refractivity contribution in [3.8, 4) is 17.3 Å². The first-order chi connectivity index (χ1) is 12.7. The van der Waals surface area contributed by atoms with Crippen LogP contribution in [0.25, 0.3) is 22.3 Å². The lowest BCUT2D eigenvalue weighted by atomic mass is 10.0. The molecule has 1 aromatic carbocycles. The van der Waals surface area contributed by atoms with Gasteiger partial charge >= 0.3 is 0 Å². The number of nitriles is 1. The molecular formula is C19H18N6O. The number of H-pyrrole nitrogens is 1. The number of fused-ring (bicyclic) bond motifs is 1. The number of aromatic nitrogens is 3. The van der Waals surface area contributed by atoms with Gasteiger partial charge in [-0.05, 0) is 30.2 Å². The largest absolute Gasteiger partial charge is 0.355 e. The topological polar surface area (TPSA) is 97.7 Å². The third-order valence-corrected chi connectivity index (χ3v) is 4.76. The van der Waals surface area contributed by atoms with Gasteiger partial charge in [0.05, 0.1) is 5.52 Å². The zero-order valence-electron chi connectivity index (χ0n) is 14.4. The number of imidazole rings is 1. The van der Waals surface area contributed by atoms with Gasteiger partial charge in [0.15, 0.2) is 11.8 Å². The summed E-state index contributed by atoms with van der Waals surface area (Å²) in [6, 6.07) is 9.44. The molecule has 130 valence electrons. The van der Waals surface area contributed by atoms with Gasteiger partial charge in [-0.2, -0.15) is 5.26 Å². The number of likely N-dealkylation sites (tertiary alicyclic amines) is 1. The summed E-state index contributed by atoms with van der Waals surface area (Å²) in [4.78, 5) is 26.0. The number of carbonyl (C=O) groups is 1. The van der Waals surface area contributed by atoms with Gasteiger partial charge in [0, 0.05) is 43.4 Å². The van der Waals surface area contributed by atoms with Crippen LogP contribution in [0.3, 0.4) is 0 Å². The van der Waals surface area contributed by atoms with E-state index in [1.165, 1.54) is 0 Å². The lowest BCUT2D eigenvalue weighted by Gasteiger charge is -2.05. The van der Waals surface area contributed by atoms with Crippen LogP contribution in [0.5, 0.6) is 0 Å². The van der Waals surface area contributed by atoms with Crippen molar-refractivity contribution in [3.05, 3.63) is 47.9 Å². The van der Waals surface area contributed by atoms with Crippen molar-refractivity contribution < 1.29 is 4.79 Å². The summed E-state index contributed by atoms with van der Waals surface area (Å²) >= 11 is 0. The van der Waals surface area contributed by atoms with Crippen LogP contribution in [0.15, 0.2) is 36.5 Å². The molecule has 0 saturated carbocycles. The van der Waals surface area contributed by atoms with E-state index in [0.717, 1.165) is 35.4 Å². The van der Waals surface area contributed by atoms with E-state index in [2.05, 4.69) is 26.5 Å². The van der Waals surface area contributed by atoms with Gasteiger partial charge in [-0.25, -0.2) is 9.97 Å². The maximum absolute atomic E-state index is 11.8. The Kier molecular flexibility index (Phi) is 4.01. The smallest absolute Gasteiger partial charge is 0.251 e. The summed E-state index contributed by atoms with van der Waals surface area (Å²) in [6.07, 6.45) is 4.87. The number of aromatic amines is 1.